The van der Waals surface area contributed by atoms with Gasteiger partial charge in [-0.1, -0.05) is 18.2 Å². The molecule has 22 heavy (non-hydrogen) atoms. The number of fused-ring (bicyclic) bond motifs is 1. The molecule has 1 atom stereocenters. The Bertz CT molecular complexity index is 529. The van der Waals surface area contributed by atoms with Crippen LogP contribution in [0.2, 0.25) is 0 Å². The van der Waals surface area contributed by atoms with Gasteiger partial charge in [-0.05, 0) is 18.1 Å². The SMILES string of the molecule is NC(=O)N1CCOCC1.O=C(O)[C@H]1CNc2ccccc2C1. The molecule has 1 aromatic carbocycles. The van der Waals surface area contributed by atoms with Crippen LogP contribution in [0.3, 0.4) is 0 Å². The number of aliphatic carboxylic acids is 1. The number of benzene rings is 1. The fourth-order valence-corrected chi connectivity index (χ4v) is 2.40. The van der Waals surface area contributed by atoms with E-state index in [1.165, 1.54) is 0 Å². The molecule has 0 saturated carbocycles. The molecule has 1 aromatic rings. The number of hydrogen-bond acceptors (Lipinski definition) is 4. The van der Waals surface area contributed by atoms with Crippen LogP contribution in [0.1, 0.15) is 5.56 Å². The molecule has 2 aliphatic rings. The van der Waals surface area contributed by atoms with Crippen molar-refractivity contribution in [1.29, 1.82) is 0 Å². The van der Waals surface area contributed by atoms with E-state index in [0.717, 1.165) is 11.3 Å². The van der Waals surface area contributed by atoms with Crippen molar-refractivity contribution >= 4 is 17.7 Å². The van der Waals surface area contributed by atoms with Crippen molar-refractivity contribution in [2.24, 2.45) is 11.7 Å². The van der Waals surface area contributed by atoms with Crippen molar-refractivity contribution < 1.29 is 19.4 Å². The Morgan fingerprint density at radius 1 is 1.27 bits per heavy atom. The zero-order valence-electron chi connectivity index (χ0n) is 12.3. The molecule has 7 nitrogen and oxygen atoms in total. The zero-order valence-corrected chi connectivity index (χ0v) is 12.3. The summed E-state index contributed by atoms with van der Waals surface area (Å²) in [6.45, 7) is 3.03. The summed E-state index contributed by atoms with van der Waals surface area (Å²) in [6, 6.07) is 7.49. The van der Waals surface area contributed by atoms with E-state index in [4.69, 9.17) is 15.6 Å². The van der Waals surface area contributed by atoms with Gasteiger partial charge in [0, 0.05) is 25.3 Å². The molecule has 0 aliphatic carbocycles. The van der Waals surface area contributed by atoms with Crippen LogP contribution in [-0.2, 0) is 16.0 Å². The number of carboxylic acids is 1. The average molecular weight is 307 g/mol. The van der Waals surface area contributed by atoms with Crippen molar-refractivity contribution in [2.45, 2.75) is 6.42 Å². The van der Waals surface area contributed by atoms with E-state index in [1.807, 2.05) is 24.3 Å². The highest BCUT2D eigenvalue weighted by molar-refractivity contribution is 5.73. The number of morpholine rings is 1. The number of carbonyl (C=O) groups is 2. The zero-order chi connectivity index (χ0) is 15.9. The normalized spacial score (nSPS) is 20.0. The Morgan fingerprint density at radius 3 is 2.55 bits per heavy atom. The number of carboxylic acid groups (broad SMARTS) is 1. The quantitative estimate of drug-likeness (QED) is 0.710. The maximum absolute atomic E-state index is 10.7. The fraction of sp³-hybridized carbons (Fsp3) is 0.467. The molecule has 7 heteroatoms. The van der Waals surface area contributed by atoms with E-state index >= 15 is 0 Å². The number of amides is 2. The molecule has 1 saturated heterocycles. The third-order valence-electron chi connectivity index (χ3n) is 3.69. The smallest absolute Gasteiger partial charge is 0.314 e. The van der Waals surface area contributed by atoms with Gasteiger partial charge in [0.25, 0.3) is 0 Å². The second-order valence-corrected chi connectivity index (χ2v) is 5.21. The van der Waals surface area contributed by atoms with Gasteiger partial charge in [-0.3, -0.25) is 4.79 Å². The highest BCUT2D eigenvalue weighted by atomic mass is 16.5. The van der Waals surface area contributed by atoms with Crippen molar-refractivity contribution in [1.82, 2.24) is 4.90 Å². The molecule has 4 N–H and O–H groups in total. The Hall–Kier alpha value is -2.28. The number of urea groups is 1. The van der Waals surface area contributed by atoms with Gasteiger partial charge in [0.1, 0.15) is 0 Å². The summed E-state index contributed by atoms with van der Waals surface area (Å²) < 4.78 is 5.00. The molecule has 0 spiro atoms. The molecular weight excluding hydrogens is 286 g/mol. The number of nitrogens with one attached hydrogen (secondary N) is 1. The topological polar surface area (TPSA) is 105 Å². The molecule has 0 unspecified atom stereocenters. The van der Waals surface area contributed by atoms with Crippen molar-refractivity contribution in [3.05, 3.63) is 29.8 Å². The number of carbonyl (C=O) groups excluding carboxylic acids is 1. The van der Waals surface area contributed by atoms with Crippen LogP contribution in [0.15, 0.2) is 24.3 Å². The minimum atomic E-state index is -0.720. The second kappa shape index (κ2) is 7.65. The summed E-state index contributed by atoms with van der Waals surface area (Å²) >= 11 is 0. The third-order valence-corrected chi connectivity index (χ3v) is 3.69. The lowest BCUT2D eigenvalue weighted by atomic mass is 9.94. The van der Waals surface area contributed by atoms with Crippen LogP contribution < -0.4 is 11.1 Å². The summed E-state index contributed by atoms with van der Waals surface area (Å²) in [6.07, 6.45) is 0.637. The maximum Gasteiger partial charge on any atom is 0.314 e. The molecule has 2 heterocycles. The number of rotatable bonds is 1. The standard InChI is InChI=1S/C10H11NO2.C5H10N2O2/c12-10(13)8-5-7-3-1-2-4-9(7)11-6-8;6-5(8)7-1-3-9-4-2-7/h1-4,8,11H,5-6H2,(H,12,13);1-4H2,(H2,6,8)/t8-;/m1./s1. The summed E-state index contributed by atoms with van der Waals surface area (Å²) in [5, 5.41) is 11.9. The van der Waals surface area contributed by atoms with E-state index in [2.05, 4.69) is 5.32 Å². The van der Waals surface area contributed by atoms with Gasteiger partial charge in [-0.15, -0.1) is 0 Å². The maximum atomic E-state index is 10.7. The van der Waals surface area contributed by atoms with Crippen LogP contribution in [0, 0.1) is 5.92 Å². The van der Waals surface area contributed by atoms with Crippen LogP contribution in [-0.4, -0.2) is 54.9 Å². The molecule has 2 amide bonds. The first-order chi connectivity index (χ1) is 10.6. The predicted octanol–water partition coefficient (Wildman–Crippen LogP) is 0.753. The first-order valence-electron chi connectivity index (χ1n) is 7.24. The van der Waals surface area contributed by atoms with Gasteiger partial charge in [0.05, 0.1) is 19.1 Å². The van der Waals surface area contributed by atoms with Crippen LogP contribution in [0.4, 0.5) is 10.5 Å². The Morgan fingerprint density at radius 2 is 1.95 bits per heavy atom. The van der Waals surface area contributed by atoms with Crippen LogP contribution in [0.5, 0.6) is 0 Å². The van der Waals surface area contributed by atoms with Gasteiger partial charge in [0.2, 0.25) is 0 Å². The minimum Gasteiger partial charge on any atom is -0.481 e. The van der Waals surface area contributed by atoms with E-state index in [1.54, 1.807) is 4.90 Å². The van der Waals surface area contributed by atoms with Gasteiger partial charge in [-0.2, -0.15) is 0 Å². The highest BCUT2D eigenvalue weighted by Gasteiger charge is 2.23. The third kappa shape index (κ3) is 4.36. The Kier molecular flexibility index (Phi) is 5.60. The number of nitrogens with zero attached hydrogens (tertiary/aromatic N) is 1. The first kappa shape index (κ1) is 16.1. The molecule has 3 rings (SSSR count). The number of anilines is 1. The fourth-order valence-electron chi connectivity index (χ4n) is 2.40. The second-order valence-electron chi connectivity index (χ2n) is 5.21. The van der Waals surface area contributed by atoms with Crippen LogP contribution >= 0.6 is 0 Å². The minimum absolute atomic E-state index is 0.283. The number of hydrogen-bond donors (Lipinski definition) is 3. The number of primary amides is 1. The molecule has 0 radical (unpaired) electrons. The van der Waals surface area contributed by atoms with Gasteiger partial charge in [0.15, 0.2) is 0 Å². The Labute approximate surface area is 129 Å². The predicted molar refractivity (Wildman–Crippen MR) is 81.7 cm³/mol. The van der Waals surface area contributed by atoms with Gasteiger partial charge in [-0.25, -0.2) is 4.79 Å². The number of ether oxygens (including phenoxy) is 1. The van der Waals surface area contributed by atoms with Crippen LogP contribution in [0.25, 0.3) is 0 Å². The molecule has 2 aliphatic heterocycles. The number of para-hydroxylation sites is 1. The van der Waals surface area contributed by atoms with Crippen molar-refractivity contribution in [2.75, 3.05) is 38.2 Å². The lowest BCUT2D eigenvalue weighted by Crippen LogP contribution is -2.43. The summed E-state index contributed by atoms with van der Waals surface area (Å²) in [5.41, 5.74) is 7.17. The van der Waals surface area contributed by atoms with E-state index in [9.17, 15) is 9.59 Å². The summed E-state index contributed by atoms with van der Waals surface area (Å²) in [4.78, 5) is 22.7. The van der Waals surface area contributed by atoms with Gasteiger partial charge < -0.3 is 25.8 Å². The molecule has 0 bridgehead atoms. The molecule has 120 valence electrons. The van der Waals surface area contributed by atoms with E-state index in [-0.39, 0.29) is 11.9 Å². The highest BCUT2D eigenvalue weighted by Crippen LogP contribution is 2.23. The lowest BCUT2D eigenvalue weighted by molar-refractivity contribution is -0.141. The first-order valence-corrected chi connectivity index (χ1v) is 7.24. The average Bonchev–Trinajstić information content (AvgIpc) is 2.55. The molecule has 1 fully saturated rings. The summed E-state index contributed by atoms with van der Waals surface area (Å²) in [7, 11) is 0. The largest absolute Gasteiger partial charge is 0.481 e. The monoisotopic (exact) mass is 307 g/mol. The summed E-state index contributed by atoms with van der Waals surface area (Å²) in [5.74, 6) is -1.00. The molecular formula is C15H21N3O4. The van der Waals surface area contributed by atoms with E-state index in [0.29, 0.717) is 39.3 Å². The van der Waals surface area contributed by atoms with Gasteiger partial charge >= 0.3 is 12.0 Å². The van der Waals surface area contributed by atoms with E-state index < -0.39 is 5.97 Å². The van der Waals surface area contributed by atoms with Crippen molar-refractivity contribution in [3.63, 3.8) is 0 Å². The number of nitrogens with two attached hydrogens (primary N) is 1. The molecule has 0 aromatic heterocycles. The lowest BCUT2D eigenvalue weighted by Gasteiger charge is -2.24. The Balaban J connectivity index is 0.000000172. The van der Waals surface area contributed by atoms with Crippen molar-refractivity contribution in [3.8, 4) is 0 Å².